The highest BCUT2D eigenvalue weighted by Crippen LogP contribution is 2.25. The van der Waals surface area contributed by atoms with Crippen LogP contribution in [-0.2, 0) is 5.41 Å². The number of ether oxygens (including phenoxy) is 1. The van der Waals surface area contributed by atoms with Gasteiger partial charge in [0.2, 0.25) is 5.70 Å². The maximum Gasteiger partial charge on any atom is 0.272 e. The fourth-order valence-electron chi connectivity index (χ4n) is 3.36. The standard InChI is InChI=1S/C26H27N3O4S/c1-17-6-7-18(16-22(17)29(31)32)24(30)23(28-14-12-19(13-15-28)26(2,3)4)25(34)27-20-8-10-21(33-5)11-9-20/h6-16H,1-5H3,(H-,27,30,34). The van der Waals surface area contributed by atoms with E-state index in [4.69, 9.17) is 17.0 Å². The number of aromatic nitrogens is 1. The maximum absolute atomic E-state index is 13.6. The molecular formula is C26H27N3O4S. The third-order valence-corrected chi connectivity index (χ3v) is 5.70. The summed E-state index contributed by atoms with van der Waals surface area (Å²) in [6, 6.07) is 15.4. The van der Waals surface area contributed by atoms with Gasteiger partial charge < -0.3 is 15.2 Å². The second-order valence-electron chi connectivity index (χ2n) is 8.86. The van der Waals surface area contributed by atoms with Gasteiger partial charge in [0.15, 0.2) is 17.4 Å². The van der Waals surface area contributed by atoms with Crippen molar-refractivity contribution in [1.82, 2.24) is 0 Å². The SMILES string of the molecule is COc1ccc(NC(=S)/C(=C(\[O-])c2ccc(C)c([N+](=O)[O-])c2)[n+]2ccc(C(C)(C)C)cc2)cc1. The molecule has 3 aromatic rings. The minimum atomic E-state index is -0.495. The zero-order chi connectivity index (χ0) is 25.0. The van der Waals surface area contributed by atoms with Gasteiger partial charge in [-0.05, 0) is 53.5 Å². The highest BCUT2D eigenvalue weighted by Gasteiger charge is 2.22. The van der Waals surface area contributed by atoms with Crippen LogP contribution in [0.2, 0.25) is 0 Å². The average Bonchev–Trinajstić information content (AvgIpc) is 2.79. The summed E-state index contributed by atoms with van der Waals surface area (Å²) in [6.07, 6.45) is 3.55. The molecule has 0 saturated carbocycles. The average molecular weight is 478 g/mol. The van der Waals surface area contributed by atoms with Gasteiger partial charge in [-0.2, -0.15) is 4.57 Å². The van der Waals surface area contributed by atoms with Gasteiger partial charge in [0, 0.05) is 29.4 Å². The quantitative estimate of drug-likeness (QED) is 0.139. The van der Waals surface area contributed by atoms with Crippen molar-refractivity contribution in [3.8, 4) is 5.75 Å². The molecule has 2 aromatic carbocycles. The molecule has 0 aliphatic heterocycles. The molecule has 1 N–H and O–H groups in total. The molecule has 7 nitrogen and oxygen atoms in total. The van der Waals surface area contributed by atoms with Gasteiger partial charge >= 0.3 is 0 Å². The van der Waals surface area contributed by atoms with E-state index in [1.807, 2.05) is 12.1 Å². The molecule has 0 radical (unpaired) electrons. The molecule has 34 heavy (non-hydrogen) atoms. The summed E-state index contributed by atoms with van der Waals surface area (Å²) in [5, 5.41) is 28.1. The Labute approximate surface area is 204 Å². The van der Waals surface area contributed by atoms with Crippen molar-refractivity contribution in [2.24, 2.45) is 0 Å². The fraction of sp³-hybridized carbons (Fsp3) is 0.231. The number of benzene rings is 2. The number of pyridine rings is 1. The Morgan fingerprint density at radius 2 is 1.68 bits per heavy atom. The predicted molar refractivity (Wildman–Crippen MR) is 135 cm³/mol. The second-order valence-corrected chi connectivity index (χ2v) is 9.27. The Balaban J connectivity index is 2.11. The minimum absolute atomic E-state index is 0.0668. The van der Waals surface area contributed by atoms with Crippen molar-refractivity contribution in [3.63, 3.8) is 0 Å². The lowest BCUT2D eigenvalue weighted by atomic mass is 9.88. The van der Waals surface area contributed by atoms with Crippen LogP contribution in [0.25, 0.3) is 11.5 Å². The number of anilines is 1. The Morgan fingerprint density at radius 3 is 2.21 bits per heavy atom. The van der Waals surface area contributed by atoms with E-state index >= 15 is 0 Å². The fourth-order valence-corrected chi connectivity index (χ4v) is 3.68. The lowest BCUT2D eigenvalue weighted by Crippen LogP contribution is -2.40. The first kappa shape index (κ1) is 24.9. The van der Waals surface area contributed by atoms with Crippen LogP contribution in [0.1, 0.15) is 37.5 Å². The first-order valence-corrected chi connectivity index (χ1v) is 11.1. The van der Waals surface area contributed by atoms with E-state index in [9.17, 15) is 15.2 Å². The Hall–Kier alpha value is -3.78. The lowest BCUT2D eigenvalue weighted by molar-refractivity contribution is -0.577. The van der Waals surface area contributed by atoms with Crippen LogP contribution >= 0.6 is 12.2 Å². The maximum atomic E-state index is 13.6. The molecular weight excluding hydrogens is 450 g/mol. The summed E-state index contributed by atoms with van der Waals surface area (Å²) in [5.74, 6) is 0.262. The Bertz CT molecular complexity index is 1240. The molecule has 0 unspecified atom stereocenters. The second kappa shape index (κ2) is 10.0. The number of thiocarbonyl (C=S) groups is 1. The van der Waals surface area contributed by atoms with Crippen LogP contribution in [0, 0.1) is 17.0 Å². The van der Waals surface area contributed by atoms with Crippen LogP contribution in [0.15, 0.2) is 67.0 Å². The number of nitrogens with one attached hydrogen (secondary N) is 1. The van der Waals surface area contributed by atoms with Crippen LogP contribution in [0.3, 0.4) is 0 Å². The minimum Gasteiger partial charge on any atom is -0.867 e. The normalized spacial score (nSPS) is 12.0. The number of nitro groups is 1. The van der Waals surface area contributed by atoms with E-state index in [1.165, 1.54) is 6.07 Å². The van der Waals surface area contributed by atoms with Crippen LogP contribution in [-0.4, -0.2) is 17.0 Å². The molecule has 0 atom stereocenters. The first-order valence-electron chi connectivity index (χ1n) is 10.7. The van der Waals surface area contributed by atoms with Gasteiger partial charge in [0.25, 0.3) is 5.69 Å². The zero-order valence-electron chi connectivity index (χ0n) is 19.8. The first-order chi connectivity index (χ1) is 16.0. The third kappa shape index (κ3) is 5.58. The summed E-state index contributed by atoms with van der Waals surface area (Å²) in [5.41, 5.74) is 2.43. The van der Waals surface area contributed by atoms with Crippen molar-refractivity contribution in [2.75, 3.05) is 12.4 Å². The molecule has 3 rings (SSSR count). The van der Waals surface area contributed by atoms with E-state index in [0.717, 1.165) is 5.56 Å². The highest BCUT2D eigenvalue weighted by atomic mass is 32.1. The Kier molecular flexibility index (Phi) is 7.32. The molecule has 0 bridgehead atoms. The largest absolute Gasteiger partial charge is 0.867 e. The van der Waals surface area contributed by atoms with Gasteiger partial charge in [-0.25, -0.2) is 0 Å². The molecule has 1 aromatic heterocycles. The molecule has 176 valence electrons. The van der Waals surface area contributed by atoms with E-state index in [-0.39, 0.29) is 27.4 Å². The van der Waals surface area contributed by atoms with Crippen molar-refractivity contribution in [3.05, 3.63) is 93.8 Å². The summed E-state index contributed by atoms with van der Waals surface area (Å²) >= 11 is 5.64. The molecule has 0 amide bonds. The zero-order valence-corrected chi connectivity index (χ0v) is 20.6. The number of rotatable bonds is 6. The molecule has 8 heteroatoms. The monoisotopic (exact) mass is 477 g/mol. The summed E-state index contributed by atoms with van der Waals surface area (Å²) in [6.45, 7) is 7.93. The number of aryl methyl sites for hydroxylation is 1. The summed E-state index contributed by atoms with van der Waals surface area (Å²) < 4.78 is 6.83. The summed E-state index contributed by atoms with van der Waals surface area (Å²) in [7, 11) is 1.58. The van der Waals surface area contributed by atoms with Crippen molar-refractivity contribution >= 4 is 40.0 Å². The van der Waals surface area contributed by atoms with Crippen LogP contribution < -0.4 is 19.7 Å². The summed E-state index contributed by atoms with van der Waals surface area (Å²) in [4.78, 5) is 11.1. The lowest BCUT2D eigenvalue weighted by Gasteiger charge is -2.19. The topological polar surface area (TPSA) is 91.3 Å². The molecule has 0 aliphatic carbocycles. The van der Waals surface area contributed by atoms with Gasteiger partial charge in [0.05, 0.1) is 12.0 Å². The van der Waals surface area contributed by atoms with Gasteiger partial charge in [-0.1, -0.05) is 45.1 Å². The smallest absolute Gasteiger partial charge is 0.272 e. The number of hydrogen-bond acceptors (Lipinski definition) is 5. The number of nitro benzene ring substituents is 1. The number of nitrogens with zero attached hydrogens (tertiary/aromatic N) is 2. The van der Waals surface area contributed by atoms with Gasteiger partial charge in [0.1, 0.15) is 5.75 Å². The van der Waals surface area contributed by atoms with E-state index in [0.29, 0.717) is 17.0 Å². The number of hydrogen-bond donors (Lipinski definition) is 1. The molecule has 0 fully saturated rings. The highest BCUT2D eigenvalue weighted by molar-refractivity contribution is 7.81. The van der Waals surface area contributed by atoms with Crippen molar-refractivity contribution in [2.45, 2.75) is 33.1 Å². The molecule has 0 saturated heterocycles. The Morgan fingerprint density at radius 1 is 1.06 bits per heavy atom. The molecule has 0 aliphatic rings. The van der Waals surface area contributed by atoms with Gasteiger partial charge in [-0.3, -0.25) is 10.1 Å². The van der Waals surface area contributed by atoms with E-state index in [1.54, 1.807) is 67.4 Å². The van der Waals surface area contributed by atoms with Crippen LogP contribution in [0.4, 0.5) is 11.4 Å². The molecule has 1 heterocycles. The number of methoxy groups -OCH3 is 1. The van der Waals surface area contributed by atoms with E-state index in [2.05, 4.69) is 26.1 Å². The molecule has 0 spiro atoms. The third-order valence-electron chi connectivity index (χ3n) is 5.40. The van der Waals surface area contributed by atoms with Crippen LogP contribution in [0.5, 0.6) is 5.75 Å². The predicted octanol–water partition coefficient (Wildman–Crippen LogP) is 4.62. The van der Waals surface area contributed by atoms with E-state index < -0.39 is 10.7 Å². The van der Waals surface area contributed by atoms with Gasteiger partial charge in [-0.15, -0.1) is 0 Å². The van der Waals surface area contributed by atoms with Crippen molar-refractivity contribution < 1.29 is 19.3 Å². The van der Waals surface area contributed by atoms with Crippen molar-refractivity contribution in [1.29, 1.82) is 0 Å².